The Hall–Kier alpha value is -1.35. The van der Waals surface area contributed by atoms with Gasteiger partial charge in [-0.25, -0.2) is 4.98 Å². The molecular weight excluding hydrogens is 222 g/mol. The highest BCUT2D eigenvalue weighted by atomic mass is 15.0. The van der Waals surface area contributed by atoms with Gasteiger partial charge in [0.1, 0.15) is 5.82 Å². The first kappa shape index (κ1) is 11.7. The summed E-state index contributed by atoms with van der Waals surface area (Å²) in [6, 6.07) is 4.36. The quantitative estimate of drug-likeness (QED) is 0.797. The summed E-state index contributed by atoms with van der Waals surface area (Å²) in [6.07, 6.45) is 8.29. The Morgan fingerprint density at radius 2 is 2.22 bits per heavy atom. The van der Waals surface area contributed by atoms with Crippen molar-refractivity contribution in [2.24, 2.45) is 0 Å². The van der Waals surface area contributed by atoms with Crippen LogP contribution in [0.1, 0.15) is 30.5 Å². The van der Waals surface area contributed by atoms with Crippen LogP contribution in [-0.2, 0) is 12.8 Å². The molecule has 2 N–H and O–H groups in total. The van der Waals surface area contributed by atoms with E-state index in [1.165, 1.54) is 30.5 Å². The number of rotatable bonds is 4. The molecule has 0 saturated carbocycles. The van der Waals surface area contributed by atoms with E-state index in [2.05, 4.69) is 28.8 Å². The summed E-state index contributed by atoms with van der Waals surface area (Å²) in [5.41, 5.74) is 4.32. The minimum atomic E-state index is 0.998. The maximum atomic E-state index is 4.69. The van der Waals surface area contributed by atoms with E-state index < -0.39 is 0 Å². The van der Waals surface area contributed by atoms with Crippen molar-refractivity contribution in [2.45, 2.75) is 32.1 Å². The lowest BCUT2D eigenvalue weighted by molar-refractivity contribution is 0.683. The second-order valence-electron chi connectivity index (χ2n) is 5.15. The van der Waals surface area contributed by atoms with Gasteiger partial charge in [-0.15, -0.1) is 0 Å². The van der Waals surface area contributed by atoms with Gasteiger partial charge < -0.3 is 10.6 Å². The molecule has 1 aromatic rings. The third-order valence-corrected chi connectivity index (χ3v) is 3.84. The number of hydrogen-bond acceptors (Lipinski definition) is 3. The SMILES string of the molecule is C1=C(CCNc2ccc3c(n2)CCC3)CCNC1. The second-order valence-corrected chi connectivity index (χ2v) is 5.15. The van der Waals surface area contributed by atoms with Gasteiger partial charge in [0, 0.05) is 18.8 Å². The van der Waals surface area contributed by atoms with Crippen molar-refractivity contribution >= 4 is 5.82 Å². The minimum Gasteiger partial charge on any atom is -0.370 e. The summed E-state index contributed by atoms with van der Waals surface area (Å²) >= 11 is 0. The maximum Gasteiger partial charge on any atom is 0.126 e. The predicted molar refractivity (Wildman–Crippen MR) is 74.9 cm³/mol. The molecule has 3 rings (SSSR count). The van der Waals surface area contributed by atoms with E-state index in [4.69, 9.17) is 4.98 Å². The number of aryl methyl sites for hydroxylation is 2. The zero-order chi connectivity index (χ0) is 12.2. The summed E-state index contributed by atoms with van der Waals surface area (Å²) < 4.78 is 0. The Morgan fingerprint density at radius 1 is 1.22 bits per heavy atom. The van der Waals surface area contributed by atoms with Crippen LogP contribution < -0.4 is 10.6 Å². The van der Waals surface area contributed by atoms with Gasteiger partial charge in [0.15, 0.2) is 0 Å². The predicted octanol–water partition coefficient (Wildman–Crippen LogP) is 2.29. The topological polar surface area (TPSA) is 37.0 Å². The van der Waals surface area contributed by atoms with Crippen LogP contribution in [0.2, 0.25) is 0 Å². The third kappa shape index (κ3) is 2.72. The maximum absolute atomic E-state index is 4.69. The van der Waals surface area contributed by atoms with Gasteiger partial charge in [-0.05, 0) is 50.3 Å². The van der Waals surface area contributed by atoms with E-state index in [0.717, 1.165) is 38.3 Å². The monoisotopic (exact) mass is 243 g/mol. The van der Waals surface area contributed by atoms with E-state index in [1.807, 2.05) is 0 Å². The lowest BCUT2D eigenvalue weighted by Crippen LogP contribution is -2.21. The number of hydrogen-bond donors (Lipinski definition) is 2. The van der Waals surface area contributed by atoms with E-state index in [0.29, 0.717) is 0 Å². The fourth-order valence-corrected chi connectivity index (χ4v) is 2.77. The summed E-state index contributed by atoms with van der Waals surface area (Å²) in [5.74, 6) is 1.05. The highest BCUT2D eigenvalue weighted by molar-refractivity contribution is 5.40. The lowest BCUT2D eigenvalue weighted by Gasteiger charge is -2.14. The molecule has 0 unspecified atom stereocenters. The zero-order valence-electron chi connectivity index (χ0n) is 10.8. The Bertz CT molecular complexity index is 451. The number of pyridine rings is 1. The van der Waals surface area contributed by atoms with Gasteiger partial charge in [0.25, 0.3) is 0 Å². The summed E-state index contributed by atoms with van der Waals surface area (Å²) in [4.78, 5) is 4.69. The van der Waals surface area contributed by atoms with E-state index >= 15 is 0 Å². The van der Waals surface area contributed by atoms with Gasteiger partial charge in [0.05, 0.1) is 0 Å². The zero-order valence-corrected chi connectivity index (χ0v) is 10.8. The van der Waals surface area contributed by atoms with Crippen molar-refractivity contribution in [3.05, 3.63) is 35.0 Å². The Morgan fingerprint density at radius 3 is 3.11 bits per heavy atom. The van der Waals surface area contributed by atoms with Crippen LogP contribution in [0.3, 0.4) is 0 Å². The molecule has 3 heteroatoms. The number of nitrogens with one attached hydrogen (secondary N) is 2. The van der Waals surface area contributed by atoms with Crippen LogP contribution >= 0.6 is 0 Å². The molecule has 0 atom stereocenters. The first-order valence-electron chi connectivity index (χ1n) is 7.03. The first-order valence-corrected chi connectivity index (χ1v) is 7.03. The van der Waals surface area contributed by atoms with Gasteiger partial charge in [0.2, 0.25) is 0 Å². The Labute approximate surface area is 109 Å². The molecule has 0 fully saturated rings. The van der Waals surface area contributed by atoms with E-state index in [1.54, 1.807) is 5.57 Å². The minimum absolute atomic E-state index is 0.998. The molecule has 1 aliphatic heterocycles. The highest BCUT2D eigenvalue weighted by Crippen LogP contribution is 2.21. The molecule has 0 radical (unpaired) electrons. The fourth-order valence-electron chi connectivity index (χ4n) is 2.77. The van der Waals surface area contributed by atoms with Crippen molar-refractivity contribution in [3.8, 4) is 0 Å². The smallest absolute Gasteiger partial charge is 0.126 e. The average Bonchev–Trinajstić information content (AvgIpc) is 2.87. The molecule has 0 amide bonds. The number of aromatic nitrogens is 1. The molecule has 0 aromatic carbocycles. The fraction of sp³-hybridized carbons (Fsp3) is 0.533. The molecule has 18 heavy (non-hydrogen) atoms. The lowest BCUT2D eigenvalue weighted by atomic mass is 10.1. The highest BCUT2D eigenvalue weighted by Gasteiger charge is 2.12. The third-order valence-electron chi connectivity index (χ3n) is 3.84. The summed E-state index contributed by atoms with van der Waals surface area (Å²) in [6.45, 7) is 3.16. The van der Waals surface area contributed by atoms with Gasteiger partial charge in [-0.1, -0.05) is 17.7 Å². The first-order chi connectivity index (χ1) is 8.92. The molecule has 0 saturated heterocycles. The van der Waals surface area contributed by atoms with Crippen LogP contribution in [0.4, 0.5) is 5.82 Å². The molecule has 3 nitrogen and oxygen atoms in total. The number of nitrogens with zero attached hydrogens (tertiary/aromatic N) is 1. The van der Waals surface area contributed by atoms with Crippen LogP contribution in [0.15, 0.2) is 23.8 Å². The normalized spacial score (nSPS) is 18.3. The summed E-state index contributed by atoms with van der Waals surface area (Å²) in [5, 5.41) is 6.79. The second kappa shape index (κ2) is 5.53. The molecule has 2 heterocycles. The van der Waals surface area contributed by atoms with Crippen molar-refractivity contribution in [1.29, 1.82) is 0 Å². The van der Waals surface area contributed by atoms with Crippen molar-refractivity contribution in [2.75, 3.05) is 25.0 Å². The summed E-state index contributed by atoms with van der Waals surface area (Å²) in [7, 11) is 0. The molecule has 0 spiro atoms. The van der Waals surface area contributed by atoms with Crippen LogP contribution in [0, 0.1) is 0 Å². The van der Waals surface area contributed by atoms with Gasteiger partial charge >= 0.3 is 0 Å². The Balaban J connectivity index is 1.52. The molecule has 1 aromatic heterocycles. The average molecular weight is 243 g/mol. The van der Waals surface area contributed by atoms with Crippen LogP contribution in [0.5, 0.6) is 0 Å². The van der Waals surface area contributed by atoms with Crippen LogP contribution in [-0.4, -0.2) is 24.6 Å². The van der Waals surface area contributed by atoms with Crippen molar-refractivity contribution in [1.82, 2.24) is 10.3 Å². The van der Waals surface area contributed by atoms with E-state index in [9.17, 15) is 0 Å². The molecule has 96 valence electrons. The van der Waals surface area contributed by atoms with Crippen molar-refractivity contribution < 1.29 is 0 Å². The number of anilines is 1. The molecule has 0 bridgehead atoms. The van der Waals surface area contributed by atoms with Gasteiger partial charge in [-0.3, -0.25) is 0 Å². The Kier molecular flexibility index (Phi) is 3.60. The molecule has 1 aliphatic carbocycles. The van der Waals surface area contributed by atoms with Gasteiger partial charge in [-0.2, -0.15) is 0 Å². The molecule has 2 aliphatic rings. The number of fused-ring (bicyclic) bond motifs is 1. The largest absolute Gasteiger partial charge is 0.370 e. The van der Waals surface area contributed by atoms with Crippen LogP contribution in [0.25, 0.3) is 0 Å². The molecular formula is C15H21N3. The van der Waals surface area contributed by atoms with Crippen molar-refractivity contribution in [3.63, 3.8) is 0 Å². The van der Waals surface area contributed by atoms with E-state index in [-0.39, 0.29) is 0 Å². The standard InChI is InChI=1S/C15H21N3/c1-2-13-4-5-15(18-14(13)3-1)17-11-8-12-6-9-16-10-7-12/h4-6,16H,1-3,7-11H2,(H,17,18).